The Morgan fingerprint density at radius 3 is 2.41 bits per heavy atom. The number of hydrogen-bond donors (Lipinski definition) is 0. The summed E-state index contributed by atoms with van der Waals surface area (Å²) < 4.78 is 21.3. The monoisotopic (exact) mass is 401 g/mol. The van der Waals surface area contributed by atoms with Gasteiger partial charge in [-0.15, -0.1) is 0 Å². The van der Waals surface area contributed by atoms with E-state index in [4.69, 9.17) is 30.5 Å². The smallest absolute Gasteiger partial charge is 0.484 e. The van der Waals surface area contributed by atoms with Crippen molar-refractivity contribution in [3.05, 3.63) is 11.5 Å². The Labute approximate surface area is 162 Å². The highest BCUT2D eigenvalue weighted by Crippen LogP contribution is 2.37. The number of carbonyl (C=O) groups is 2. The molecule has 2 heterocycles. The molecule has 27 heavy (non-hydrogen) atoms. The Balaban J connectivity index is 2.22. The lowest BCUT2D eigenvalue weighted by Crippen LogP contribution is -2.51. The molecule has 1 aromatic rings. The van der Waals surface area contributed by atoms with E-state index in [0.29, 0.717) is 0 Å². The molecule has 0 saturated carbocycles. The number of fused-ring (bicyclic) bond motifs is 1. The molecule has 1 atom stereocenters. The molecule has 150 valence electrons. The fraction of sp³-hybridized carbons (Fsp3) is 0.647. The molecule has 0 radical (unpaired) electrons. The number of halogens is 1. The first-order valence-electron chi connectivity index (χ1n) is 8.38. The Morgan fingerprint density at radius 2 is 1.81 bits per heavy atom. The molecule has 0 N–H and O–H groups in total. The number of aromatic nitrogens is 2. The van der Waals surface area contributed by atoms with Crippen molar-refractivity contribution in [2.75, 3.05) is 18.1 Å². The number of anilines is 1. The van der Waals surface area contributed by atoms with Gasteiger partial charge in [-0.05, 0) is 41.5 Å². The zero-order valence-corrected chi connectivity index (χ0v) is 17.0. The van der Waals surface area contributed by atoms with Crippen molar-refractivity contribution < 1.29 is 28.5 Å². The van der Waals surface area contributed by atoms with Crippen LogP contribution in [-0.4, -0.2) is 52.7 Å². The maximum Gasteiger partial charge on any atom is 0.508 e. The van der Waals surface area contributed by atoms with Crippen LogP contribution >= 0.6 is 11.6 Å². The lowest BCUT2D eigenvalue weighted by Gasteiger charge is -2.36. The summed E-state index contributed by atoms with van der Waals surface area (Å²) in [6.45, 7) is 10.2. The summed E-state index contributed by atoms with van der Waals surface area (Å²) in [6, 6.07) is -0.675. The molecule has 1 aliphatic heterocycles. The van der Waals surface area contributed by atoms with Crippen LogP contribution in [0.1, 0.15) is 41.5 Å². The van der Waals surface area contributed by atoms with Gasteiger partial charge in [-0.3, -0.25) is 0 Å². The number of carbonyl (C=O) groups excluding carboxylic acids is 2. The van der Waals surface area contributed by atoms with E-state index in [0.717, 1.165) is 0 Å². The largest absolute Gasteiger partial charge is 0.508 e. The molecule has 10 heteroatoms. The maximum atomic E-state index is 12.7. The molecule has 9 nitrogen and oxygen atoms in total. The van der Waals surface area contributed by atoms with Gasteiger partial charge in [-0.1, -0.05) is 11.6 Å². The molecule has 0 bridgehead atoms. The Bertz CT molecular complexity index is 714. The summed E-state index contributed by atoms with van der Waals surface area (Å²) in [7, 11) is 0. The highest BCUT2D eigenvalue weighted by molar-refractivity contribution is 6.31. The molecule has 1 aromatic heterocycles. The molecule has 1 amide bonds. The van der Waals surface area contributed by atoms with E-state index >= 15 is 0 Å². The van der Waals surface area contributed by atoms with Crippen molar-refractivity contribution in [3.8, 4) is 5.75 Å². The minimum absolute atomic E-state index is 0.0160. The van der Waals surface area contributed by atoms with Gasteiger partial charge in [0.15, 0.2) is 16.7 Å². The van der Waals surface area contributed by atoms with Gasteiger partial charge in [0, 0.05) is 0 Å². The van der Waals surface area contributed by atoms with E-state index in [2.05, 4.69) is 9.97 Å². The van der Waals surface area contributed by atoms with Crippen LogP contribution in [0.25, 0.3) is 0 Å². The zero-order chi connectivity index (χ0) is 20.4. The SMILES string of the molecule is CC(C)(C)OC(=O)OC[C@@H]1COc2c(Cl)ncnc2N1C(=O)OC(C)(C)C. The van der Waals surface area contributed by atoms with Crippen LogP contribution in [0.4, 0.5) is 15.4 Å². The van der Waals surface area contributed by atoms with Crippen molar-refractivity contribution >= 4 is 29.7 Å². The van der Waals surface area contributed by atoms with Gasteiger partial charge in [-0.2, -0.15) is 0 Å². The third-order valence-corrected chi connectivity index (χ3v) is 3.40. The molecule has 2 rings (SSSR count). The number of rotatable bonds is 2. The first kappa shape index (κ1) is 21.0. The number of ether oxygens (including phenoxy) is 4. The standard InChI is InChI=1S/C17H24ClN3O6/c1-16(2,3)26-14(22)21-10(8-25-15(23)27-17(4,5)6)7-24-11-12(18)19-9-20-13(11)21/h9-10H,7-8H2,1-6H3/t10-/m0/s1. The fourth-order valence-corrected chi connectivity index (χ4v) is 2.36. The average molecular weight is 402 g/mol. The number of amides is 1. The second kappa shape index (κ2) is 7.75. The van der Waals surface area contributed by atoms with Crippen molar-refractivity contribution in [3.63, 3.8) is 0 Å². The normalized spacial score (nSPS) is 16.9. The van der Waals surface area contributed by atoms with Gasteiger partial charge in [0.2, 0.25) is 0 Å². The Kier molecular flexibility index (Phi) is 6.04. The zero-order valence-electron chi connectivity index (χ0n) is 16.2. The van der Waals surface area contributed by atoms with Gasteiger partial charge in [0.25, 0.3) is 0 Å². The molecule has 1 aliphatic rings. The third kappa shape index (κ3) is 5.85. The van der Waals surface area contributed by atoms with Gasteiger partial charge in [-0.25, -0.2) is 24.5 Å². The lowest BCUT2D eigenvalue weighted by molar-refractivity contribution is -0.0127. The lowest BCUT2D eigenvalue weighted by atomic mass is 10.2. The van der Waals surface area contributed by atoms with Crippen molar-refractivity contribution in [1.29, 1.82) is 0 Å². The van der Waals surface area contributed by atoms with E-state index < -0.39 is 29.5 Å². The van der Waals surface area contributed by atoms with Crippen molar-refractivity contribution in [1.82, 2.24) is 9.97 Å². The van der Waals surface area contributed by atoms with Crippen LogP contribution in [-0.2, 0) is 14.2 Å². The predicted octanol–water partition coefficient (Wildman–Crippen LogP) is 3.58. The van der Waals surface area contributed by atoms with Crippen LogP contribution in [0.2, 0.25) is 5.15 Å². The van der Waals surface area contributed by atoms with Crippen LogP contribution in [0.5, 0.6) is 5.75 Å². The molecule has 0 fully saturated rings. The molecular formula is C17H24ClN3O6. The summed E-state index contributed by atoms with van der Waals surface area (Å²) in [5.74, 6) is 0.312. The molecule has 0 aromatic carbocycles. The average Bonchev–Trinajstić information content (AvgIpc) is 2.49. The minimum atomic E-state index is -0.849. The molecular weight excluding hydrogens is 378 g/mol. The Hall–Kier alpha value is -2.29. The first-order valence-corrected chi connectivity index (χ1v) is 8.76. The van der Waals surface area contributed by atoms with Crippen molar-refractivity contribution in [2.24, 2.45) is 0 Å². The van der Waals surface area contributed by atoms with Crippen LogP contribution < -0.4 is 9.64 Å². The summed E-state index contributed by atoms with van der Waals surface area (Å²) in [5.41, 5.74) is -1.43. The van der Waals surface area contributed by atoms with Gasteiger partial charge < -0.3 is 18.9 Å². The van der Waals surface area contributed by atoms with Gasteiger partial charge in [0.05, 0.1) is 0 Å². The number of hydrogen-bond acceptors (Lipinski definition) is 8. The van der Waals surface area contributed by atoms with E-state index in [9.17, 15) is 9.59 Å². The molecule has 0 aliphatic carbocycles. The summed E-state index contributed by atoms with van der Waals surface area (Å²) >= 11 is 6.03. The summed E-state index contributed by atoms with van der Waals surface area (Å²) in [4.78, 5) is 33.8. The van der Waals surface area contributed by atoms with E-state index in [1.165, 1.54) is 11.2 Å². The highest BCUT2D eigenvalue weighted by Gasteiger charge is 2.38. The summed E-state index contributed by atoms with van der Waals surface area (Å²) in [6.07, 6.45) is -0.309. The second-order valence-electron chi connectivity index (χ2n) is 7.91. The van der Waals surface area contributed by atoms with E-state index in [-0.39, 0.29) is 29.9 Å². The van der Waals surface area contributed by atoms with E-state index in [1.807, 2.05) is 0 Å². The summed E-state index contributed by atoms with van der Waals surface area (Å²) in [5, 5.41) is 0.0695. The van der Waals surface area contributed by atoms with Gasteiger partial charge >= 0.3 is 12.2 Å². The predicted molar refractivity (Wildman–Crippen MR) is 97.2 cm³/mol. The minimum Gasteiger partial charge on any atom is -0.484 e. The van der Waals surface area contributed by atoms with E-state index in [1.54, 1.807) is 41.5 Å². The fourth-order valence-electron chi connectivity index (χ4n) is 2.18. The van der Waals surface area contributed by atoms with Crippen LogP contribution in [0, 0.1) is 0 Å². The van der Waals surface area contributed by atoms with Crippen LogP contribution in [0.3, 0.4) is 0 Å². The van der Waals surface area contributed by atoms with Crippen molar-refractivity contribution in [2.45, 2.75) is 58.8 Å². The van der Waals surface area contributed by atoms with Gasteiger partial charge in [0.1, 0.15) is 36.8 Å². The number of nitrogens with zero attached hydrogens (tertiary/aromatic N) is 3. The quantitative estimate of drug-likeness (QED) is 0.547. The molecule has 0 unspecified atom stereocenters. The van der Waals surface area contributed by atoms with Crippen LogP contribution in [0.15, 0.2) is 6.33 Å². The molecule has 0 saturated heterocycles. The molecule has 0 spiro atoms. The third-order valence-electron chi connectivity index (χ3n) is 3.13. The maximum absolute atomic E-state index is 12.7. The Morgan fingerprint density at radius 1 is 1.19 bits per heavy atom. The first-order chi connectivity index (χ1) is 12.4. The highest BCUT2D eigenvalue weighted by atomic mass is 35.5. The second-order valence-corrected chi connectivity index (χ2v) is 8.27. The topological polar surface area (TPSA) is 100 Å².